The molecule has 1 rings (SSSR count). The van der Waals surface area contributed by atoms with Crippen molar-refractivity contribution in [2.75, 3.05) is 0 Å². The Morgan fingerprint density at radius 1 is 1.64 bits per heavy atom. The van der Waals surface area contributed by atoms with Crippen LogP contribution in [0.25, 0.3) is 0 Å². The normalized spacial score (nSPS) is 9.21. The van der Waals surface area contributed by atoms with Crippen molar-refractivity contribution in [3.05, 3.63) is 33.9 Å². The van der Waals surface area contributed by atoms with Crippen molar-refractivity contribution in [1.82, 2.24) is 0 Å². The molecule has 1 aromatic rings. The Hall–Kier alpha value is -1.62. The fourth-order valence-corrected chi connectivity index (χ4v) is 1.10. The van der Waals surface area contributed by atoms with E-state index in [1.54, 1.807) is 0 Å². The average Bonchev–Trinajstić information content (AvgIpc) is 2.17. The van der Waals surface area contributed by atoms with Gasteiger partial charge in [0.2, 0.25) is 0 Å². The topological polar surface area (TPSA) is 75.7 Å². The van der Waals surface area contributed by atoms with Crippen molar-refractivity contribution in [1.29, 1.82) is 0 Å². The molecule has 72 valence electrons. The van der Waals surface area contributed by atoms with Crippen LogP contribution in [0.2, 0.25) is 0 Å². The zero-order valence-corrected chi connectivity index (χ0v) is 7.82. The summed E-state index contributed by atoms with van der Waals surface area (Å²) >= 11 is 4.38. The Bertz CT molecular complexity index is 413. The summed E-state index contributed by atoms with van der Waals surface area (Å²) in [6.07, 6.45) is 0. The third-order valence-electron chi connectivity index (χ3n) is 1.60. The first-order valence-electron chi connectivity index (χ1n) is 3.65. The van der Waals surface area contributed by atoms with Crippen molar-refractivity contribution in [2.24, 2.45) is 4.99 Å². The first-order chi connectivity index (χ1) is 6.69. The first kappa shape index (κ1) is 10.5. The lowest BCUT2D eigenvalue weighted by Gasteiger charge is -1.99. The lowest BCUT2D eigenvalue weighted by atomic mass is 10.1. The van der Waals surface area contributed by atoms with Crippen molar-refractivity contribution in [3.8, 4) is 0 Å². The summed E-state index contributed by atoms with van der Waals surface area (Å²) in [5, 5.41) is 21.5. The van der Waals surface area contributed by atoms with Gasteiger partial charge >= 0.3 is 0 Å². The molecule has 1 N–H and O–H groups in total. The van der Waals surface area contributed by atoms with Crippen LogP contribution in [0.4, 0.5) is 11.4 Å². The summed E-state index contributed by atoms with van der Waals surface area (Å²) in [5.74, 6) is 0. The summed E-state index contributed by atoms with van der Waals surface area (Å²) in [5.41, 5.74) is 0.520. The molecular formula is C8H6N2O3S. The molecule has 14 heavy (non-hydrogen) atoms. The second-order valence-electron chi connectivity index (χ2n) is 2.43. The van der Waals surface area contributed by atoms with Crippen LogP contribution in [0.1, 0.15) is 5.56 Å². The highest BCUT2D eigenvalue weighted by atomic mass is 32.1. The largest absolute Gasteiger partial charge is 0.391 e. The number of thiocarbonyl (C=S) groups is 1. The van der Waals surface area contributed by atoms with E-state index in [9.17, 15) is 10.1 Å². The quantitative estimate of drug-likeness (QED) is 0.357. The molecule has 0 spiro atoms. The second-order valence-corrected chi connectivity index (χ2v) is 2.61. The minimum absolute atomic E-state index is 0.129. The van der Waals surface area contributed by atoms with Gasteiger partial charge in [0.05, 0.1) is 27.9 Å². The first-order valence-corrected chi connectivity index (χ1v) is 4.06. The zero-order valence-electron chi connectivity index (χ0n) is 7.01. The smallest absolute Gasteiger partial charge is 0.275 e. The Morgan fingerprint density at radius 2 is 2.36 bits per heavy atom. The molecule has 6 heteroatoms. The molecule has 0 bridgehead atoms. The number of aliphatic imine (C=N–C) groups is 1. The van der Waals surface area contributed by atoms with Gasteiger partial charge in [-0.3, -0.25) is 10.1 Å². The lowest BCUT2D eigenvalue weighted by Crippen LogP contribution is -1.94. The van der Waals surface area contributed by atoms with Gasteiger partial charge in [-0.15, -0.1) is 0 Å². The summed E-state index contributed by atoms with van der Waals surface area (Å²) in [7, 11) is 0. The molecule has 0 aromatic heterocycles. The number of aliphatic hydroxyl groups excluding tert-OH is 1. The third-order valence-corrected chi connectivity index (χ3v) is 1.70. The predicted octanol–water partition coefficient (Wildman–Crippen LogP) is 1.82. The van der Waals surface area contributed by atoms with E-state index in [-0.39, 0.29) is 11.3 Å². The van der Waals surface area contributed by atoms with Crippen LogP contribution in [0.3, 0.4) is 0 Å². The molecule has 0 unspecified atom stereocenters. The standard InChI is InChI=1S/C8H6N2O3S/c11-4-6-3-7(9-5-14)1-2-8(6)10(12)13/h1-3,11H,4H2. The van der Waals surface area contributed by atoms with E-state index in [4.69, 9.17) is 5.11 Å². The number of nitro groups is 1. The molecule has 0 amide bonds. The summed E-state index contributed by atoms with van der Waals surface area (Å²) < 4.78 is 0. The molecule has 0 fully saturated rings. The number of benzene rings is 1. The Balaban J connectivity index is 3.24. The number of rotatable bonds is 3. The highest BCUT2D eigenvalue weighted by Crippen LogP contribution is 2.23. The Morgan fingerprint density at radius 3 is 2.86 bits per heavy atom. The fourth-order valence-electron chi connectivity index (χ4n) is 0.999. The molecule has 1 aromatic carbocycles. The molecule has 0 atom stereocenters. The van der Waals surface area contributed by atoms with Gasteiger partial charge in [0.15, 0.2) is 0 Å². The van der Waals surface area contributed by atoms with E-state index in [1.807, 2.05) is 0 Å². The molecule has 5 nitrogen and oxygen atoms in total. The van der Waals surface area contributed by atoms with Gasteiger partial charge in [-0.2, -0.15) is 4.99 Å². The molecule has 0 saturated carbocycles. The van der Waals surface area contributed by atoms with E-state index < -0.39 is 11.5 Å². The minimum atomic E-state index is -0.559. The maximum Gasteiger partial charge on any atom is 0.275 e. The predicted molar refractivity (Wildman–Crippen MR) is 53.7 cm³/mol. The van der Waals surface area contributed by atoms with Gasteiger partial charge in [0.25, 0.3) is 5.69 Å². The van der Waals surface area contributed by atoms with E-state index in [2.05, 4.69) is 22.4 Å². The van der Waals surface area contributed by atoms with Crippen LogP contribution in [0, 0.1) is 10.1 Å². The molecular weight excluding hydrogens is 204 g/mol. The van der Waals surface area contributed by atoms with Gasteiger partial charge in [0.1, 0.15) is 0 Å². The van der Waals surface area contributed by atoms with Crippen LogP contribution in [0.15, 0.2) is 23.2 Å². The van der Waals surface area contributed by atoms with E-state index >= 15 is 0 Å². The lowest BCUT2D eigenvalue weighted by molar-refractivity contribution is -0.385. The third kappa shape index (κ3) is 2.20. The average molecular weight is 210 g/mol. The van der Waals surface area contributed by atoms with E-state index in [0.29, 0.717) is 5.69 Å². The van der Waals surface area contributed by atoms with Crippen LogP contribution in [0.5, 0.6) is 0 Å². The molecule has 0 aliphatic heterocycles. The minimum Gasteiger partial charge on any atom is -0.391 e. The number of hydrogen-bond acceptors (Lipinski definition) is 5. The van der Waals surface area contributed by atoms with Gasteiger partial charge < -0.3 is 5.11 Å². The van der Waals surface area contributed by atoms with Crippen LogP contribution < -0.4 is 0 Å². The van der Waals surface area contributed by atoms with E-state index in [1.165, 1.54) is 18.2 Å². The van der Waals surface area contributed by atoms with Gasteiger partial charge in [-0.05, 0) is 24.4 Å². The monoisotopic (exact) mass is 210 g/mol. The number of isothiocyanates is 1. The SMILES string of the molecule is O=[N+]([O-])c1ccc(N=C=S)cc1CO. The second kappa shape index (κ2) is 4.57. The van der Waals surface area contributed by atoms with E-state index in [0.717, 1.165) is 0 Å². The summed E-state index contributed by atoms with van der Waals surface area (Å²) in [6.45, 7) is -0.406. The van der Waals surface area contributed by atoms with Crippen LogP contribution in [-0.2, 0) is 6.61 Å². The Labute approximate surface area is 84.9 Å². The van der Waals surface area contributed by atoms with Crippen molar-refractivity contribution >= 4 is 28.8 Å². The van der Waals surface area contributed by atoms with Crippen LogP contribution >= 0.6 is 12.2 Å². The molecule has 0 saturated heterocycles. The number of aliphatic hydroxyl groups is 1. The zero-order chi connectivity index (χ0) is 10.6. The molecule has 0 radical (unpaired) electrons. The Kier molecular flexibility index (Phi) is 3.41. The molecule has 0 aliphatic rings. The van der Waals surface area contributed by atoms with Gasteiger partial charge in [-0.1, -0.05) is 0 Å². The molecule has 0 aliphatic carbocycles. The molecule has 0 heterocycles. The van der Waals surface area contributed by atoms with Crippen molar-refractivity contribution in [3.63, 3.8) is 0 Å². The summed E-state index contributed by atoms with van der Waals surface area (Å²) in [6, 6.07) is 4.12. The number of hydrogen-bond donors (Lipinski definition) is 1. The van der Waals surface area contributed by atoms with Crippen molar-refractivity contribution in [2.45, 2.75) is 6.61 Å². The van der Waals surface area contributed by atoms with Gasteiger partial charge in [0, 0.05) is 6.07 Å². The number of nitrogens with zero attached hydrogens (tertiary/aromatic N) is 2. The number of nitro benzene ring substituents is 1. The van der Waals surface area contributed by atoms with Gasteiger partial charge in [-0.25, -0.2) is 0 Å². The maximum absolute atomic E-state index is 10.5. The van der Waals surface area contributed by atoms with Crippen LogP contribution in [-0.4, -0.2) is 15.2 Å². The fraction of sp³-hybridized carbons (Fsp3) is 0.125. The highest BCUT2D eigenvalue weighted by Gasteiger charge is 2.12. The highest BCUT2D eigenvalue weighted by molar-refractivity contribution is 7.78. The summed E-state index contributed by atoms with van der Waals surface area (Å²) in [4.78, 5) is 13.6. The van der Waals surface area contributed by atoms with Crippen molar-refractivity contribution < 1.29 is 10.0 Å². The maximum atomic E-state index is 10.5.